The second-order valence-corrected chi connectivity index (χ2v) is 8.66. The molecule has 0 aliphatic carbocycles. The Hall–Kier alpha value is -3.65. The molecule has 0 spiro atoms. The Labute approximate surface area is 181 Å². The van der Waals surface area contributed by atoms with Crippen LogP contribution in [0.25, 0.3) is 0 Å². The molecule has 0 unspecified atom stereocenters. The molecule has 0 saturated heterocycles. The summed E-state index contributed by atoms with van der Waals surface area (Å²) in [4.78, 5) is 24.6. The van der Waals surface area contributed by atoms with Crippen molar-refractivity contribution in [3.63, 3.8) is 0 Å². The zero-order chi connectivity index (χ0) is 22.6. The van der Waals surface area contributed by atoms with Crippen LogP contribution in [0.15, 0.2) is 71.6 Å². The molecule has 0 aliphatic rings. The molecule has 0 saturated carbocycles. The van der Waals surface area contributed by atoms with Gasteiger partial charge < -0.3 is 10.1 Å². The van der Waals surface area contributed by atoms with Gasteiger partial charge in [0.25, 0.3) is 15.9 Å². The minimum Gasteiger partial charge on any atom is -0.465 e. The third kappa shape index (κ3) is 5.29. The molecule has 2 N–H and O–H groups in total. The molecule has 8 heteroatoms. The Morgan fingerprint density at radius 1 is 0.871 bits per heavy atom. The number of nitrogens with one attached hydrogen (secondary N) is 2. The van der Waals surface area contributed by atoms with E-state index < -0.39 is 21.9 Å². The van der Waals surface area contributed by atoms with Gasteiger partial charge >= 0.3 is 5.97 Å². The number of aryl methyl sites for hydroxylation is 2. The normalized spacial score (nSPS) is 10.9. The van der Waals surface area contributed by atoms with E-state index in [-0.39, 0.29) is 16.1 Å². The summed E-state index contributed by atoms with van der Waals surface area (Å²) < 4.78 is 32.4. The molecule has 0 aromatic heterocycles. The van der Waals surface area contributed by atoms with Gasteiger partial charge in [-0.1, -0.05) is 29.8 Å². The number of ether oxygens (including phenoxy) is 1. The van der Waals surface area contributed by atoms with Crippen molar-refractivity contribution in [2.24, 2.45) is 0 Å². The Kier molecular flexibility index (Phi) is 6.41. The molecule has 3 rings (SSSR count). The van der Waals surface area contributed by atoms with E-state index in [9.17, 15) is 18.0 Å². The van der Waals surface area contributed by atoms with Gasteiger partial charge in [-0.3, -0.25) is 9.52 Å². The minimum atomic E-state index is -3.79. The van der Waals surface area contributed by atoms with Crippen LogP contribution in [0, 0.1) is 13.8 Å². The highest BCUT2D eigenvalue weighted by Crippen LogP contribution is 2.21. The number of amides is 1. The summed E-state index contributed by atoms with van der Waals surface area (Å²) in [6.45, 7) is 3.66. The van der Waals surface area contributed by atoms with E-state index >= 15 is 0 Å². The Bertz CT molecular complexity index is 1240. The Morgan fingerprint density at radius 3 is 2.26 bits per heavy atom. The van der Waals surface area contributed by atoms with Crippen LogP contribution in [-0.2, 0) is 14.8 Å². The van der Waals surface area contributed by atoms with E-state index in [1.54, 1.807) is 49.4 Å². The first-order valence-electron chi connectivity index (χ1n) is 9.39. The van der Waals surface area contributed by atoms with Crippen molar-refractivity contribution in [1.82, 2.24) is 0 Å². The zero-order valence-corrected chi connectivity index (χ0v) is 18.1. The number of sulfonamides is 1. The summed E-state index contributed by atoms with van der Waals surface area (Å²) in [7, 11) is -2.51. The van der Waals surface area contributed by atoms with Gasteiger partial charge in [-0.15, -0.1) is 0 Å². The van der Waals surface area contributed by atoms with Gasteiger partial charge in [0.1, 0.15) is 0 Å². The van der Waals surface area contributed by atoms with Crippen LogP contribution in [0.4, 0.5) is 11.4 Å². The first-order valence-corrected chi connectivity index (χ1v) is 10.9. The van der Waals surface area contributed by atoms with Crippen LogP contribution in [0.5, 0.6) is 0 Å². The fourth-order valence-corrected chi connectivity index (χ4v) is 3.90. The lowest BCUT2D eigenvalue weighted by Gasteiger charge is -2.12. The molecule has 160 valence electrons. The van der Waals surface area contributed by atoms with Gasteiger partial charge in [0.2, 0.25) is 0 Å². The monoisotopic (exact) mass is 438 g/mol. The van der Waals surface area contributed by atoms with E-state index in [1.165, 1.54) is 31.4 Å². The van der Waals surface area contributed by atoms with Crippen molar-refractivity contribution in [2.75, 3.05) is 17.1 Å². The van der Waals surface area contributed by atoms with Crippen molar-refractivity contribution in [2.45, 2.75) is 18.7 Å². The molecule has 3 aromatic rings. The number of benzene rings is 3. The highest BCUT2D eigenvalue weighted by atomic mass is 32.2. The van der Waals surface area contributed by atoms with Gasteiger partial charge in [-0.05, 0) is 61.9 Å². The highest BCUT2D eigenvalue weighted by Gasteiger charge is 2.16. The van der Waals surface area contributed by atoms with Crippen LogP contribution >= 0.6 is 0 Å². The summed E-state index contributed by atoms with van der Waals surface area (Å²) in [6.07, 6.45) is 0. The quantitative estimate of drug-likeness (QED) is 0.563. The lowest BCUT2D eigenvalue weighted by molar-refractivity contribution is 0.0600. The highest BCUT2D eigenvalue weighted by molar-refractivity contribution is 7.92. The van der Waals surface area contributed by atoms with Gasteiger partial charge in [0, 0.05) is 16.9 Å². The molecule has 7 nitrogen and oxygen atoms in total. The molecule has 0 aliphatic heterocycles. The molecule has 0 heterocycles. The zero-order valence-electron chi connectivity index (χ0n) is 17.3. The number of hydrogen-bond acceptors (Lipinski definition) is 5. The standard InChI is InChI=1S/C23H22N2O5S/c1-15-7-11-20(12-8-15)31(28,29)25-19-6-4-5-17(13-19)22(26)24-21-14-18(23(27)30-3)10-9-16(21)2/h4-14,25H,1-3H3,(H,24,26). The third-order valence-corrected chi connectivity index (χ3v) is 6.01. The van der Waals surface area contributed by atoms with Gasteiger partial charge in [0.15, 0.2) is 0 Å². The van der Waals surface area contributed by atoms with Crippen molar-refractivity contribution < 1.29 is 22.7 Å². The fourth-order valence-electron chi connectivity index (χ4n) is 2.85. The summed E-state index contributed by atoms with van der Waals surface area (Å²) in [5, 5.41) is 2.75. The summed E-state index contributed by atoms with van der Waals surface area (Å²) in [6, 6.07) is 17.5. The molecule has 3 aromatic carbocycles. The van der Waals surface area contributed by atoms with Crippen molar-refractivity contribution >= 4 is 33.3 Å². The fraction of sp³-hybridized carbons (Fsp3) is 0.130. The molecule has 0 fully saturated rings. The van der Waals surface area contributed by atoms with E-state index in [1.807, 2.05) is 6.92 Å². The second kappa shape index (κ2) is 9.01. The smallest absolute Gasteiger partial charge is 0.337 e. The lowest BCUT2D eigenvalue weighted by atomic mass is 10.1. The average molecular weight is 439 g/mol. The third-order valence-electron chi connectivity index (χ3n) is 4.62. The van der Waals surface area contributed by atoms with Gasteiger partial charge in [0.05, 0.1) is 17.6 Å². The predicted molar refractivity (Wildman–Crippen MR) is 119 cm³/mol. The number of esters is 1. The SMILES string of the molecule is COC(=O)c1ccc(C)c(NC(=O)c2cccc(NS(=O)(=O)c3ccc(C)cc3)c2)c1. The van der Waals surface area contributed by atoms with Crippen molar-refractivity contribution in [3.05, 3.63) is 89.0 Å². The van der Waals surface area contributed by atoms with Crippen LogP contribution in [0.1, 0.15) is 31.8 Å². The molecule has 0 bridgehead atoms. The summed E-state index contributed by atoms with van der Waals surface area (Å²) in [5.41, 5.74) is 2.99. The maximum Gasteiger partial charge on any atom is 0.337 e. The number of carbonyl (C=O) groups is 2. The van der Waals surface area contributed by atoms with E-state index in [2.05, 4.69) is 10.0 Å². The van der Waals surface area contributed by atoms with Crippen molar-refractivity contribution in [1.29, 1.82) is 0 Å². The van der Waals surface area contributed by atoms with Crippen LogP contribution in [-0.4, -0.2) is 27.4 Å². The predicted octanol–water partition coefficient (Wildman–Crippen LogP) is 4.14. The van der Waals surface area contributed by atoms with Gasteiger partial charge in [-0.2, -0.15) is 0 Å². The number of hydrogen-bond donors (Lipinski definition) is 2. The largest absolute Gasteiger partial charge is 0.465 e. The maximum atomic E-state index is 12.7. The number of anilines is 2. The average Bonchev–Trinajstić information content (AvgIpc) is 2.75. The van der Waals surface area contributed by atoms with E-state index in [4.69, 9.17) is 4.74 Å². The molecular weight excluding hydrogens is 416 g/mol. The van der Waals surface area contributed by atoms with E-state index in [0.29, 0.717) is 11.3 Å². The van der Waals surface area contributed by atoms with Gasteiger partial charge in [-0.25, -0.2) is 13.2 Å². The first-order chi connectivity index (χ1) is 14.7. The molecule has 1 amide bonds. The number of rotatable bonds is 6. The van der Waals surface area contributed by atoms with E-state index in [0.717, 1.165) is 11.1 Å². The minimum absolute atomic E-state index is 0.128. The lowest BCUT2D eigenvalue weighted by Crippen LogP contribution is -2.16. The number of methoxy groups -OCH3 is 1. The molecule has 0 atom stereocenters. The first kappa shape index (κ1) is 22.0. The van der Waals surface area contributed by atoms with Crippen LogP contribution in [0.2, 0.25) is 0 Å². The second-order valence-electron chi connectivity index (χ2n) is 6.97. The molecular formula is C23H22N2O5S. The Balaban J connectivity index is 1.81. The molecule has 0 radical (unpaired) electrons. The topological polar surface area (TPSA) is 102 Å². The molecule has 31 heavy (non-hydrogen) atoms. The number of carbonyl (C=O) groups excluding carboxylic acids is 2. The Morgan fingerprint density at radius 2 is 1.58 bits per heavy atom. The van der Waals surface area contributed by atoms with Crippen LogP contribution in [0.3, 0.4) is 0 Å². The summed E-state index contributed by atoms with van der Waals surface area (Å²) >= 11 is 0. The summed E-state index contributed by atoms with van der Waals surface area (Å²) in [5.74, 6) is -0.954. The van der Waals surface area contributed by atoms with Crippen LogP contribution < -0.4 is 10.0 Å². The van der Waals surface area contributed by atoms with Crippen molar-refractivity contribution in [3.8, 4) is 0 Å². The maximum absolute atomic E-state index is 12.7.